The second-order valence-electron chi connectivity index (χ2n) is 11.1. The van der Waals surface area contributed by atoms with E-state index in [4.69, 9.17) is 4.98 Å². The predicted octanol–water partition coefficient (Wildman–Crippen LogP) is 4.14. The van der Waals surface area contributed by atoms with Crippen LogP contribution in [0.25, 0.3) is 17.2 Å². The molecule has 1 fully saturated rings. The van der Waals surface area contributed by atoms with Crippen LogP contribution in [0.2, 0.25) is 0 Å². The average molecular weight is 552 g/mol. The first-order valence-corrected chi connectivity index (χ1v) is 14.7. The molecule has 6 rings (SSSR count). The Morgan fingerprint density at radius 3 is 2.59 bits per heavy atom. The highest BCUT2D eigenvalue weighted by molar-refractivity contribution is 7.90. The van der Waals surface area contributed by atoms with Crippen LogP contribution in [-0.4, -0.2) is 55.4 Å². The molecule has 2 bridgehead atoms. The van der Waals surface area contributed by atoms with E-state index < -0.39 is 26.9 Å². The minimum absolute atomic E-state index is 0.0647. The first-order chi connectivity index (χ1) is 18.4. The Hall–Kier alpha value is -3.67. The zero-order valence-corrected chi connectivity index (χ0v) is 22.7. The van der Waals surface area contributed by atoms with Gasteiger partial charge in [-0.25, -0.2) is 32.2 Å². The van der Waals surface area contributed by atoms with Crippen molar-refractivity contribution in [2.45, 2.75) is 50.9 Å². The number of hydrogen-bond acceptors (Lipinski definition) is 8. The highest BCUT2D eigenvalue weighted by Gasteiger charge is 2.65. The molecule has 4 aromatic rings. The zero-order valence-electron chi connectivity index (χ0n) is 21.9. The number of fused-ring (bicyclic) bond motifs is 5. The summed E-state index contributed by atoms with van der Waals surface area (Å²) in [5.74, 6) is -1.02. The van der Waals surface area contributed by atoms with Crippen molar-refractivity contribution in [3.63, 3.8) is 0 Å². The maximum absolute atomic E-state index is 14.5. The summed E-state index contributed by atoms with van der Waals surface area (Å²) >= 11 is 0. The van der Waals surface area contributed by atoms with Gasteiger partial charge in [0.15, 0.2) is 5.82 Å². The third-order valence-electron chi connectivity index (χ3n) is 8.39. The Labute approximate surface area is 224 Å². The lowest BCUT2D eigenvalue weighted by Crippen LogP contribution is -2.38. The minimum Gasteiger partial charge on any atom is -0.229 e. The van der Waals surface area contributed by atoms with Crippen molar-refractivity contribution < 1.29 is 17.2 Å². The summed E-state index contributed by atoms with van der Waals surface area (Å²) in [5.41, 5.74) is 1.53. The molecule has 0 amide bonds. The second-order valence-corrected chi connectivity index (χ2v) is 13.3. The molecule has 1 aromatic carbocycles. The van der Waals surface area contributed by atoms with Gasteiger partial charge in [-0.2, -0.15) is 9.78 Å². The molecule has 3 heterocycles. The first-order valence-electron chi connectivity index (χ1n) is 12.7. The first kappa shape index (κ1) is 25.6. The summed E-state index contributed by atoms with van der Waals surface area (Å²) in [4.78, 5) is 13.6. The molecule has 0 N–H and O–H groups in total. The number of halogens is 2. The molecule has 0 radical (unpaired) electrons. The van der Waals surface area contributed by atoms with Crippen LogP contribution in [0.1, 0.15) is 68.2 Å². The summed E-state index contributed by atoms with van der Waals surface area (Å²) in [7, 11) is -3.19. The van der Waals surface area contributed by atoms with E-state index in [1.54, 1.807) is 19.2 Å². The van der Waals surface area contributed by atoms with Crippen LogP contribution in [0.3, 0.4) is 0 Å². The van der Waals surface area contributed by atoms with Gasteiger partial charge >= 0.3 is 0 Å². The van der Waals surface area contributed by atoms with Crippen LogP contribution in [0.4, 0.5) is 8.78 Å². The molecule has 3 atom stereocenters. The molecule has 12 heteroatoms. The van der Waals surface area contributed by atoms with E-state index in [0.29, 0.717) is 11.8 Å². The third-order valence-corrected chi connectivity index (χ3v) is 9.49. The van der Waals surface area contributed by atoms with Crippen LogP contribution >= 0.6 is 0 Å². The van der Waals surface area contributed by atoms with E-state index in [1.165, 1.54) is 35.5 Å². The molecule has 2 aliphatic carbocycles. The molecular weight excluding hydrogens is 524 g/mol. The number of sulfone groups is 1. The highest BCUT2D eigenvalue weighted by Crippen LogP contribution is 2.69. The van der Waals surface area contributed by atoms with Gasteiger partial charge in [-0.3, -0.25) is 0 Å². The molecule has 3 aromatic heterocycles. The van der Waals surface area contributed by atoms with Crippen LogP contribution in [0.5, 0.6) is 0 Å². The SMILES string of the molecule is C[C@@H](CS(C)(=O)=O)c1ncn(-c2nccc([C@]34CC[C@@H](c5cc(-c6c(F)cccc6F)nnc53)C4(C)C)n2)n1. The van der Waals surface area contributed by atoms with Crippen molar-refractivity contribution >= 4 is 9.84 Å². The number of rotatable bonds is 6. The maximum atomic E-state index is 14.5. The van der Waals surface area contributed by atoms with Gasteiger partial charge in [0.2, 0.25) is 0 Å². The summed E-state index contributed by atoms with van der Waals surface area (Å²) in [5, 5.41) is 13.3. The van der Waals surface area contributed by atoms with Crippen LogP contribution in [0, 0.1) is 17.0 Å². The Morgan fingerprint density at radius 1 is 1.13 bits per heavy atom. The van der Waals surface area contributed by atoms with E-state index in [1.807, 2.05) is 6.07 Å². The average Bonchev–Trinajstić information content (AvgIpc) is 3.52. The Balaban J connectivity index is 1.42. The lowest BCUT2D eigenvalue weighted by molar-refractivity contribution is 0.242. The summed E-state index contributed by atoms with van der Waals surface area (Å²) in [6.07, 6.45) is 5.96. The van der Waals surface area contributed by atoms with E-state index in [2.05, 4.69) is 39.1 Å². The number of hydrogen-bond donors (Lipinski definition) is 0. The van der Waals surface area contributed by atoms with Crippen molar-refractivity contribution in [2.75, 3.05) is 12.0 Å². The van der Waals surface area contributed by atoms with Crippen LogP contribution in [0.15, 0.2) is 42.9 Å². The van der Waals surface area contributed by atoms with Crippen molar-refractivity contribution in [1.82, 2.24) is 34.9 Å². The van der Waals surface area contributed by atoms with Gasteiger partial charge in [0.25, 0.3) is 5.95 Å². The predicted molar refractivity (Wildman–Crippen MR) is 139 cm³/mol. The monoisotopic (exact) mass is 551 g/mol. The fraction of sp³-hybridized carbons (Fsp3) is 0.407. The van der Waals surface area contributed by atoms with E-state index in [9.17, 15) is 17.2 Å². The standard InChI is InChI=1S/C27H27F2N7O2S/c1-15(13-39(4,37)38)24-31-14-36(35-24)25-30-11-9-21(32-25)27-10-8-17(26(27,2)3)16-12-20(33-34-23(16)27)22-18(28)6-5-7-19(22)29/h5-7,9,11-12,14-15,17H,8,10,13H2,1-4H3/t15-,17-,27+/m0/s1. The molecule has 0 aliphatic heterocycles. The molecule has 0 saturated heterocycles. The van der Waals surface area contributed by atoms with Crippen LogP contribution in [-0.2, 0) is 15.3 Å². The number of nitrogens with zero attached hydrogens (tertiary/aromatic N) is 7. The van der Waals surface area contributed by atoms with Crippen molar-refractivity contribution in [3.05, 3.63) is 77.3 Å². The second kappa shape index (κ2) is 8.67. The lowest BCUT2D eigenvalue weighted by Gasteiger charge is -2.37. The molecule has 1 saturated carbocycles. The van der Waals surface area contributed by atoms with Gasteiger partial charge in [0.05, 0.1) is 33.8 Å². The Morgan fingerprint density at radius 2 is 1.87 bits per heavy atom. The summed E-state index contributed by atoms with van der Waals surface area (Å²) < 4.78 is 54.0. The molecule has 202 valence electrons. The topological polar surface area (TPSA) is 116 Å². The summed E-state index contributed by atoms with van der Waals surface area (Å²) in [6, 6.07) is 7.38. The molecule has 39 heavy (non-hydrogen) atoms. The van der Waals surface area contributed by atoms with Gasteiger partial charge < -0.3 is 0 Å². The zero-order chi connectivity index (χ0) is 27.7. The Kier molecular flexibility index (Phi) is 5.69. The van der Waals surface area contributed by atoms with E-state index in [-0.39, 0.29) is 34.3 Å². The molecule has 0 unspecified atom stereocenters. The van der Waals surface area contributed by atoms with Gasteiger partial charge in [-0.05, 0) is 54.0 Å². The van der Waals surface area contributed by atoms with Crippen LogP contribution < -0.4 is 0 Å². The van der Waals surface area contributed by atoms with Gasteiger partial charge in [-0.1, -0.05) is 26.8 Å². The van der Waals surface area contributed by atoms with Gasteiger partial charge in [-0.15, -0.1) is 10.2 Å². The molecule has 0 spiro atoms. The fourth-order valence-electron chi connectivity index (χ4n) is 6.58. The maximum Gasteiger partial charge on any atom is 0.252 e. The van der Waals surface area contributed by atoms with E-state index >= 15 is 0 Å². The lowest BCUT2D eigenvalue weighted by atomic mass is 9.66. The van der Waals surface area contributed by atoms with Crippen molar-refractivity contribution in [1.29, 1.82) is 0 Å². The largest absolute Gasteiger partial charge is 0.252 e. The third kappa shape index (κ3) is 3.87. The smallest absolute Gasteiger partial charge is 0.229 e. The highest BCUT2D eigenvalue weighted by atomic mass is 32.2. The van der Waals surface area contributed by atoms with Gasteiger partial charge in [0.1, 0.15) is 27.8 Å². The van der Waals surface area contributed by atoms with Gasteiger partial charge in [0, 0.05) is 18.4 Å². The molecular formula is C27H27F2N7O2S. The number of aromatic nitrogens is 7. The van der Waals surface area contributed by atoms with Crippen molar-refractivity contribution in [3.8, 4) is 17.2 Å². The Bertz CT molecular complexity index is 1700. The minimum atomic E-state index is -3.19. The normalized spacial score (nSPS) is 22.2. The molecule has 2 aliphatic rings. The molecule has 9 nitrogen and oxygen atoms in total. The summed E-state index contributed by atoms with van der Waals surface area (Å²) in [6.45, 7) is 6.09. The number of benzene rings is 1. The van der Waals surface area contributed by atoms with E-state index in [0.717, 1.165) is 29.8 Å². The van der Waals surface area contributed by atoms with Crippen molar-refractivity contribution in [2.24, 2.45) is 5.41 Å². The quantitative estimate of drug-likeness (QED) is 0.351. The fourth-order valence-corrected chi connectivity index (χ4v) is 7.64.